The fraction of sp³-hybridized carbons (Fsp3) is 0.588. The Kier molecular flexibility index (Phi) is 6.07. The number of benzene rings is 1. The summed E-state index contributed by atoms with van der Waals surface area (Å²) in [6, 6.07) is 7.82. The normalized spacial score (nSPS) is 16.9. The van der Waals surface area contributed by atoms with E-state index in [1.54, 1.807) is 7.11 Å². The summed E-state index contributed by atoms with van der Waals surface area (Å²) in [4.78, 5) is 12.1. The molecule has 1 aromatic rings. The molecule has 1 aliphatic carbocycles. The standard InChI is InChI=1S/C17H24ClNO2/c1-21-13-17(11-2-3-12-17)19-16(20)6-4-5-14-7-9-15(18)10-8-14/h7-10H,2-6,11-13H2,1H3,(H,19,20). The van der Waals surface area contributed by atoms with Crippen LogP contribution in [0.3, 0.4) is 0 Å². The van der Waals surface area contributed by atoms with Crippen molar-refractivity contribution in [1.82, 2.24) is 5.32 Å². The number of ether oxygens (including phenoxy) is 1. The van der Waals surface area contributed by atoms with Crippen LogP contribution in [-0.2, 0) is 16.0 Å². The molecule has 0 saturated heterocycles. The smallest absolute Gasteiger partial charge is 0.220 e. The van der Waals surface area contributed by atoms with Crippen molar-refractivity contribution in [3.8, 4) is 0 Å². The van der Waals surface area contributed by atoms with E-state index >= 15 is 0 Å². The van der Waals surface area contributed by atoms with Crippen LogP contribution in [0.1, 0.15) is 44.1 Å². The fourth-order valence-electron chi connectivity index (χ4n) is 3.10. The van der Waals surface area contributed by atoms with Crippen molar-refractivity contribution in [2.45, 2.75) is 50.5 Å². The highest BCUT2D eigenvalue weighted by atomic mass is 35.5. The lowest BCUT2D eigenvalue weighted by Gasteiger charge is -2.29. The highest BCUT2D eigenvalue weighted by Gasteiger charge is 2.34. The molecule has 0 atom stereocenters. The maximum Gasteiger partial charge on any atom is 0.220 e. The summed E-state index contributed by atoms with van der Waals surface area (Å²) < 4.78 is 5.29. The van der Waals surface area contributed by atoms with Crippen molar-refractivity contribution >= 4 is 17.5 Å². The molecular weight excluding hydrogens is 286 g/mol. The van der Waals surface area contributed by atoms with Gasteiger partial charge in [0.25, 0.3) is 0 Å². The van der Waals surface area contributed by atoms with E-state index in [9.17, 15) is 4.79 Å². The van der Waals surface area contributed by atoms with Gasteiger partial charge in [0, 0.05) is 18.6 Å². The molecule has 1 amide bonds. The van der Waals surface area contributed by atoms with Gasteiger partial charge >= 0.3 is 0 Å². The first-order valence-electron chi connectivity index (χ1n) is 7.68. The van der Waals surface area contributed by atoms with Gasteiger partial charge in [-0.2, -0.15) is 0 Å². The molecule has 1 N–H and O–H groups in total. The number of methoxy groups -OCH3 is 1. The minimum absolute atomic E-state index is 0.119. The van der Waals surface area contributed by atoms with E-state index in [1.807, 2.05) is 24.3 Å². The van der Waals surface area contributed by atoms with Gasteiger partial charge in [-0.05, 0) is 43.4 Å². The van der Waals surface area contributed by atoms with Crippen molar-refractivity contribution in [1.29, 1.82) is 0 Å². The van der Waals surface area contributed by atoms with E-state index in [1.165, 1.54) is 18.4 Å². The average molecular weight is 310 g/mol. The number of rotatable bonds is 7. The highest BCUT2D eigenvalue weighted by Crippen LogP contribution is 2.30. The maximum atomic E-state index is 12.1. The molecule has 1 aliphatic rings. The third-order valence-corrected chi connectivity index (χ3v) is 4.42. The summed E-state index contributed by atoms with van der Waals surface area (Å²) >= 11 is 5.86. The molecule has 0 aromatic heterocycles. The molecule has 0 unspecified atom stereocenters. The number of carbonyl (C=O) groups excluding carboxylic acids is 1. The molecule has 1 fully saturated rings. The van der Waals surface area contributed by atoms with Gasteiger partial charge in [0.05, 0.1) is 12.1 Å². The van der Waals surface area contributed by atoms with Crippen molar-refractivity contribution in [3.05, 3.63) is 34.9 Å². The Bertz CT molecular complexity index is 452. The lowest BCUT2D eigenvalue weighted by atomic mass is 9.98. The number of amides is 1. The maximum absolute atomic E-state index is 12.1. The number of aryl methyl sites for hydroxylation is 1. The van der Waals surface area contributed by atoms with E-state index in [0.29, 0.717) is 13.0 Å². The van der Waals surface area contributed by atoms with Crippen molar-refractivity contribution < 1.29 is 9.53 Å². The van der Waals surface area contributed by atoms with Crippen LogP contribution in [0.5, 0.6) is 0 Å². The Morgan fingerprint density at radius 1 is 1.29 bits per heavy atom. The van der Waals surface area contributed by atoms with Crippen LogP contribution in [0.4, 0.5) is 0 Å². The fourth-order valence-corrected chi connectivity index (χ4v) is 3.22. The van der Waals surface area contributed by atoms with Gasteiger partial charge in [-0.3, -0.25) is 4.79 Å². The Balaban J connectivity index is 1.75. The van der Waals surface area contributed by atoms with Crippen LogP contribution in [0.15, 0.2) is 24.3 Å². The average Bonchev–Trinajstić information content (AvgIpc) is 2.90. The summed E-state index contributed by atoms with van der Waals surface area (Å²) in [6.07, 6.45) is 6.74. The number of carbonyl (C=O) groups is 1. The predicted molar refractivity (Wildman–Crippen MR) is 85.6 cm³/mol. The molecule has 1 saturated carbocycles. The zero-order chi connectivity index (χ0) is 15.1. The predicted octanol–water partition coefficient (Wildman–Crippen LogP) is 3.74. The second-order valence-electron chi connectivity index (χ2n) is 5.95. The van der Waals surface area contributed by atoms with Crippen LogP contribution in [0, 0.1) is 0 Å². The van der Waals surface area contributed by atoms with Gasteiger partial charge in [-0.1, -0.05) is 36.6 Å². The van der Waals surface area contributed by atoms with E-state index < -0.39 is 0 Å². The molecule has 4 heteroatoms. The third-order valence-electron chi connectivity index (χ3n) is 4.17. The Morgan fingerprint density at radius 2 is 1.95 bits per heavy atom. The van der Waals surface area contributed by atoms with Gasteiger partial charge in [0.1, 0.15) is 0 Å². The van der Waals surface area contributed by atoms with E-state index in [2.05, 4.69) is 5.32 Å². The quantitative estimate of drug-likeness (QED) is 0.833. The Hall–Kier alpha value is -1.06. The van der Waals surface area contributed by atoms with Gasteiger partial charge in [-0.15, -0.1) is 0 Å². The van der Waals surface area contributed by atoms with Crippen LogP contribution < -0.4 is 5.32 Å². The molecule has 21 heavy (non-hydrogen) atoms. The zero-order valence-corrected chi connectivity index (χ0v) is 13.4. The largest absolute Gasteiger partial charge is 0.382 e. The number of hydrogen-bond acceptors (Lipinski definition) is 2. The molecule has 0 bridgehead atoms. The van der Waals surface area contributed by atoms with Crippen molar-refractivity contribution in [2.24, 2.45) is 0 Å². The molecule has 2 rings (SSSR count). The van der Waals surface area contributed by atoms with Crippen LogP contribution in [0.2, 0.25) is 5.02 Å². The molecule has 0 radical (unpaired) electrons. The zero-order valence-electron chi connectivity index (χ0n) is 12.7. The number of nitrogens with one attached hydrogen (secondary N) is 1. The van der Waals surface area contributed by atoms with Crippen molar-refractivity contribution in [2.75, 3.05) is 13.7 Å². The molecule has 0 spiro atoms. The van der Waals surface area contributed by atoms with Crippen LogP contribution >= 0.6 is 11.6 Å². The summed E-state index contributed by atoms with van der Waals surface area (Å²) in [5.41, 5.74) is 1.10. The van der Waals surface area contributed by atoms with Crippen molar-refractivity contribution in [3.63, 3.8) is 0 Å². The lowest BCUT2D eigenvalue weighted by Crippen LogP contribution is -2.49. The first-order valence-corrected chi connectivity index (χ1v) is 8.06. The third kappa shape index (κ3) is 5.01. The second kappa shape index (κ2) is 7.81. The first kappa shape index (κ1) is 16.3. The van der Waals surface area contributed by atoms with Gasteiger partial charge < -0.3 is 10.1 Å². The minimum Gasteiger partial charge on any atom is -0.382 e. The van der Waals surface area contributed by atoms with Crippen LogP contribution in [-0.4, -0.2) is 25.2 Å². The molecule has 116 valence electrons. The Labute approximate surface area is 132 Å². The number of hydrogen-bond donors (Lipinski definition) is 1. The summed E-state index contributed by atoms with van der Waals surface area (Å²) in [5.74, 6) is 0.142. The number of halogens is 1. The summed E-state index contributed by atoms with van der Waals surface area (Å²) in [5, 5.41) is 3.95. The molecule has 0 heterocycles. The molecule has 3 nitrogen and oxygen atoms in total. The van der Waals surface area contributed by atoms with E-state index in [-0.39, 0.29) is 11.4 Å². The molecular formula is C17H24ClNO2. The second-order valence-corrected chi connectivity index (χ2v) is 6.39. The highest BCUT2D eigenvalue weighted by molar-refractivity contribution is 6.30. The molecule has 1 aromatic carbocycles. The topological polar surface area (TPSA) is 38.3 Å². The Morgan fingerprint density at radius 3 is 2.57 bits per heavy atom. The minimum atomic E-state index is -0.119. The van der Waals surface area contributed by atoms with Gasteiger partial charge in [-0.25, -0.2) is 0 Å². The molecule has 0 aliphatic heterocycles. The lowest BCUT2D eigenvalue weighted by molar-refractivity contribution is -0.123. The van der Waals surface area contributed by atoms with E-state index in [0.717, 1.165) is 30.7 Å². The van der Waals surface area contributed by atoms with Crippen LogP contribution in [0.25, 0.3) is 0 Å². The SMILES string of the molecule is COCC1(NC(=O)CCCc2ccc(Cl)cc2)CCCC1. The summed E-state index contributed by atoms with van der Waals surface area (Å²) in [6.45, 7) is 0.621. The monoisotopic (exact) mass is 309 g/mol. The van der Waals surface area contributed by atoms with Gasteiger partial charge in [0.2, 0.25) is 5.91 Å². The summed E-state index contributed by atoms with van der Waals surface area (Å²) in [7, 11) is 1.70. The van der Waals surface area contributed by atoms with E-state index in [4.69, 9.17) is 16.3 Å². The first-order chi connectivity index (χ1) is 10.1. The van der Waals surface area contributed by atoms with Gasteiger partial charge in [0.15, 0.2) is 0 Å².